The lowest BCUT2D eigenvalue weighted by molar-refractivity contribution is 0.0698. The van der Waals surface area contributed by atoms with E-state index in [0.717, 1.165) is 31.0 Å². The van der Waals surface area contributed by atoms with Gasteiger partial charge in [0.15, 0.2) is 5.96 Å². The Morgan fingerprint density at radius 3 is 2.52 bits per heavy atom. The first-order valence-corrected chi connectivity index (χ1v) is 7.63. The third-order valence-electron chi connectivity index (χ3n) is 2.89. The monoisotopic (exact) mass is 437 g/mol. The zero-order valence-corrected chi connectivity index (χ0v) is 16.2. The van der Waals surface area contributed by atoms with E-state index in [4.69, 9.17) is 9.47 Å². The fraction of sp³-hybridized carbons (Fsp3) is 0.562. The molecule has 3 N–H and O–H groups in total. The molecule has 7 heteroatoms. The first-order valence-electron chi connectivity index (χ1n) is 7.63. The molecule has 0 aliphatic heterocycles. The van der Waals surface area contributed by atoms with Gasteiger partial charge < -0.3 is 25.2 Å². The van der Waals surface area contributed by atoms with Crippen molar-refractivity contribution in [2.45, 2.75) is 19.9 Å². The third kappa shape index (κ3) is 11.2. The predicted molar refractivity (Wildman–Crippen MR) is 104 cm³/mol. The van der Waals surface area contributed by atoms with Crippen LogP contribution in [0, 0.1) is 0 Å². The highest BCUT2D eigenvalue weighted by molar-refractivity contribution is 14.0. The molecule has 23 heavy (non-hydrogen) atoms. The lowest BCUT2D eigenvalue weighted by Crippen LogP contribution is -2.38. The summed E-state index contributed by atoms with van der Waals surface area (Å²) < 4.78 is 10.3. The van der Waals surface area contributed by atoms with Gasteiger partial charge in [0.2, 0.25) is 0 Å². The fourth-order valence-electron chi connectivity index (χ4n) is 1.74. The number of aromatic hydroxyl groups is 1. The van der Waals surface area contributed by atoms with Crippen molar-refractivity contribution in [3.05, 3.63) is 29.8 Å². The minimum atomic E-state index is 0. The van der Waals surface area contributed by atoms with Crippen molar-refractivity contribution in [1.29, 1.82) is 0 Å². The number of phenolic OH excluding ortho intramolecular Hbond substituents is 1. The van der Waals surface area contributed by atoms with E-state index in [1.807, 2.05) is 19.1 Å². The van der Waals surface area contributed by atoms with Gasteiger partial charge in [-0.1, -0.05) is 12.1 Å². The zero-order chi connectivity index (χ0) is 16.0. The maximum Gasteiger partial charge on any atom is 0.191 e. The Bertz CT molecular complexity index is 427. The second-order valence-corrected chi connectivity index (χ2v) is 4.75. The zero-order valence-electron chi connectivity index (χ0n) is 13.9. The predicted octanol–water partition coefficient (Wildman–Crippen LogP) is 2.12. The largest absolute Gasteiger partial charge is 0.508 e. The lowest BCUT2D eigenvalue weighted by Gasteiger charge is -2.11. The third-order valence-corrected chi connectivity index (χ3v) is 2.89. The molecule has 0 amide bonds. The van der Waals surface area contributed by atoms with Gasteiger partial charge in [0.05, 0.1) is 19.8 Å². The fourth-order valence-corrected chi connectivity index (χ4v) is 1.74. The summed E-state index contributed by atoms with van der Waals surface area (Å²) in [6, 6.07) is 7.07. The van der Waals surface area contributed by atoms with E-state index >= 15 is 0 Å². The summed E-state index contributed by atoms with van der Waals surface area (Å²) >= 11 is 0. The number of benzene rings is 1. The van der Waals surface area contributed by atoms with Gasteiger partial charge in [-0.05, 0) is 31.0 Å². The summed E-state index contributed by atoms with van der Waals surface area (Å²) in [5.41, 5.74) is 1.05. The van der Waals surface area contributed by atoms with Crippen LogP contribution in [0.5, 0.6) is 5.75 Å². The van der Waals surface area contributed by atoms with Gasteiger partial charge in [0, 0.05) is 26.8 Å². The van der Waals surface area contributed by atoms with Gasteiger partial charge in [-0.15, -0.1) is 24.0 Å². The maximum absolute atomic E-state index is 9.26. The molecule has 0 aliphatic carbocycles. The lowest BCUT2D eigenvalue weighted by atomic mass is 10.2. The van der Waals surface area contributed by atoms with Crippen molar-refractivity contribution < 1.29 is 14.6 Å². The molecule has 0 aromatic heterocycles. The normalized spacial score (nSPS) is 11.0. The van der Waals surface area contributed by atoms with Crippen molar-refractivity contribution in [3.8, 4) is 5.75 Å². The minimum absolute atomic E-state index is 0. The highest BCUT2D eigenvalue weighted by atomic mass is 127. The molecule has 0 aliphatic rings. The molecule has 0 fully saturated rings. The van der Waals surface area contributed by atoms with Gasteiger partial charge in [-0.25, -0.2) is 4.99 Å². The van der Waals surface area contributed by atoms with Crippen LogP contribution in [0.25, 0.3) is 0 Å². The average Bonchev–Trinajstić information content (AvgIpc) is 2.53. The Hall–Kier alpha value is -1.06. The molecular weight excluding hydrogens is 409 g/mol. The van der Waals surface area contributed by atoms with Crippen LogP contribution in [-0.2, 0) is 16.0 Å². The average molecular weight is 437 g/mol. The van der Waals surface area contributed by atoms with Crippen molar-refractivity contribution in [1.82, 2.24) is 10.6 Å². The van der Waals surface area contributed by atoms with Crippen LogP contribution in [-0.4, -0.2) is 51.1 Å². The van der Waals surface area contributed by atoms with E-state index in [-0.39, 0.29) is 29.7 Å². The second kappa shape index (κ2) is 14.5. The van der Waals surface area contributed by atoms with E-state index in [0.29, 0.717) is 26.4 Å². The number of hydrogen-bond acceptors (Lipinski definition) is 4. The van der Waals surface area contributed by atoms with Gasteiger partial charge in [-0.2, -0.15) is 0 Å². The number of halogens is 1. The summed E-state index contributed by atoms with van der Waals surface area (Å²) in [4.78, 5) is 4.51. The van der Waals surface area contributed by atoms with Crippen LogP contribution >= 0.6 is 24.0 Å². The Kier molecular flexibility index (Phi) is 13.9. The topological polar surface area (TPSA) is 75.1 Å². The molecule has 1 aromatic rings. The quantitative estimate of drug-likeness (QED) is 0.226. The van der Waals surface area contributed by atoms with E-state index < -0.39 is 0 Å². The molecule has 0 spiro atoms. The van der Waals surface area contributed by atoms with Crippen LogP contribution < -0.4 is 10.6 Å². The SMILES string of the molecule is CCNC(=NCc1ccc(O)cc1)NCCCOCCOC.I. The molecule has 0 atom stereocenters. The Balaban J connectivity index is 0.00000484. The number of aliphatic imine (C=N–C) groups is 1. The van der Waals surface area contributed by atoms with Crippen molar-refractivity contribution in [2.24, 2.45) is 4.99 Å². The molecule has 1 rings (SSSR count). The first kappa shape index (κ1) is 21.9. The van der Waals surface area contributed by atoms with Crippen LogP contribution in [0.2, 0.25) is 0 Å². The van der Waals surface area contributed by atoms with Crippen molar-refractivity contribution >= 4 is 29.9 Å². The Morgan fingerprint density at radius 2 is 1.87 bits per heavy atom. The summed E-state index contributed by atoms with van der Waals surface area (Å²) in [5.74, 6) is 1.05. The summed E-state index contributed by atoms with van der Waals surface area (Å²) in [6.07, 6.45) is 0.910. The number of phenols is 1. The molecule has 0 saturated heterocycles. The van der Waals surface area contributed by atoms with Crippen molar-refractivity contribution in [3.63, 3.8) is 0 Å². The molecule has 0 heterocycles. The number of nitrogens with one attached hydrogen (secondary N) is 2. The van der Waals surface area contributed by atoms with Crippen LogP contribution in [0.3, 0.4) is 0 Å². The van der Waals surface area contributed by atoms with Crippen LogP contribution in [0.4, 0.5) is 0 Å². The molecule has 0 saturated carbocycles. The smallest absolute Gasteiger partial charge is 0.191 e. The molecule has 0 radical (unpaired) electrons. The summed E-state index contributed by atoms with van der Waals surface area (Å²) in [6.45, 7) is 6.18. The number of ether oxygens (including phenoxy) is 2. The molecule has 132 valence electrons. The van der Waals surface area contributed by atoms with Crippen LogP contribution in [0.15, 0.2) is 29.3 Å². The van der Waals surface area contributed by atoms with E-state index in [1.54, 1.807) is 19.2 Å². The highest BCUT2D eigenvalue weighted by Gasteiger charge is 1.98. The van der Waals surface area contributed by atoms with Gasteiger partial charge in [0.1, 0.15) is 5.75 Å². The van der Waals surface area contributed by atoms with E-state index in [9.17, 15) is 5.11 Å². The number of hydrogen-bond donors (Lipinski definition) is 3. The van der Waals surface area contributed by atoms with Gasteiger partial charge in [-0.3, -0.25) is 0 Å². The number of guanidine groups is 1. The number of nitrogens with zero attached hydrogens (tertiary/aromatic N) is 1. The van der Waals surface area contributed by atoms with Crippen LogP contribution in [0.1, 0.15) is 18.9 Å². The summed E-state index contributed by atoms with van der Waals surface area (Å²) in [7, 11) is 1.66. The molecule has 1 aromatic carbocycles. The molecular formula is C16H28IN3O3. The summed E-state index contributed by atoms with van der Waals surface area (Å²) in [5, 5.41) is 15.7. The number of methoxy groups -OCH3 is 1. The van der Waals surface area contributed by atoms with E-state index in [1.165, 1.54) is 0 Å². The minimum Gasteiger partial charge on any atom is -0.508 e. The molecule has 6 nitrogen and oxygen atoms in total. The standard InChI is InChI=1S/C16H27N3O3.HI/c1-3-17-16(18-9-4-10-22-12-11-21-2)19-13-14-5-7-15(20)8-6-14;/h5-8,20H,3-4,9-13H2,1-2H3,(H2,17,18,19);1H. The Morgan fingerprint density at radius 1 is 1.13 bits per heavy atom. The highest BCUT2D eigenvalue weighted by Crippen LogP contribution is 2.10. The number of rotatable bonds is 10. The van der Waals surface area contributed by atoms with Gasteiger partial charge >= 0.3 is 0 Å². The second-order valence-electron chi connectivity index (χ2n) is 4.75. The Labute approximate surface area is 155 Å². The van der Waals surface area contributed by atoms with Gasteiger partial charge in [0.25, 0.3) is 0 Å². The maximum atomic E-state index is 9.26. The molecule has 0 bridgehead atoms. The molecule has 0 unspecified atom stereocenters. The van der Waals surface area contributed by atoms with Crippen molar-refractivity contribution in [2.75, 3.05) is 40.0 Å². The van der Waals surface area contributed by atoms with E-state index in [2.05, 4.69) is 15.6 Å². The first-order chi connectivity index (χ1) is 10.8.